The quantitative estimate of drug-likeness (QED) is 0.742. The number of thiophene rings is 1. The van der Waals surface area contributed by atoms with Gasteiger partial charge in [-0.3, -0.25) is 14.9 Å². The molecule has 0 spiro atoms. The van der Waals surface area contributed by atoms with E-state index < -0.39 is 5.91 Å². The first-order chi connectivity index (χ1) is 11.7. The minimum absolute atomic E-state index is 0.0378. The zero-order valence-corrected chi connectivity index (χ0v) is 13.4. The number of carbonyl (C=O) groups is 2. The number of benzene rings is 1. The fraction of sp³-hybridized carbons (Fsp3) is 0.0625. The van der Waals surface area contributed by atoms with E-state index in [1.165, 1.54) is 17.6 Å². The van der Waals surface area contributed by atoms with Gasteiger partial charge in [-0.25, -0.2) is 0 Å². The van der Waals surface area contributed by atoms with Crippen molar-refractivity contribution in [1.29, 1.82) is 0 Å². The lowest BCUT2D eigenvalue weighted by Gasteiger charge is -2.05. The number of ether oxygens (including phenoxy) is 1. The zero-order valence-electron chi connectivity index (χ0n) is 12.6. The van der Waals surface area contributed by atoms with Crippen LogP contribution in [0.4, 0.5) is 11.7 Å². The van der Waals surface area contributed by atoms with Gasteiger partial charge in [0.05, 0.1) is 12.0 Å². The number of anilines is 2. The van der Waals surface area contributed by atoms with Crippen molar-refractivity contribution in [2.45, 2.75) is 0 Å². The molecule has 7 nitrogen and oxygen atoms in total. The molecule has 2 amide bonds. The second-order valence-corrected chi connectivity index (χ2v) is 5.60. The third-order valence-electron chi connectivity index (χ3n) is 3.03. The van der Waals surface area contributed by atoms with Gasteiger partial charge in [-0.2, -0.15) is 4.98 Å². The number of hydrogen-bond acceptors (Lipinski definition) is 6. The van der Waals surface area contributed by atoms with Crippen LogP contribution in [0.1, 0.15) is 20.2 Å². The molecule has 0 radical (unpaired) electrons. The number of aromatic nitrogens is 1. The van der Waals surface area contributed by atoms with Gasteiger partial charge in [-0.15, -0.1) is 11.3 Å². The Hall–Kier alpha value is -3.13. The number of nitrogens with one attached hydrogen (secondary N) is 2. The molecule has 0 saturated carbocycles. The van der Waals surface area contributed by atoms with E-state index in [9.17, 15) is 9.59 Å². The predicted molar refractivity (Wildman–Crippen MR) is 89.7 cm³/mol. The summed E-state index contributed by atoms with van der Waals surface area (Å²) < 4.78 is 10.2. The standard InChI is InChI=1S/C16H13N3O4S/c1-22-11-5-2-4-10(8-11)17-14(20)12-9-23-16(18-12)19-15(21)13-6-3-7-24-13/h2-9H,1H3,(H,17,20)(H,18,19,21). The Kier molecular flexibility index (Phi) is 4.57. The van der Waals surface area contributed by atoms with E-state index in [-0.39, 0.29) is 17.6 Å². The van der Waals surface area contributed by atoms with E-state index >= 15 is 0 Å². The molecule has 1 aromatic carbocycles. The van der Waals surface area contributed by atoms with Crippen LogP contribution in [0.3, 0.4) is 0 Å². The lowest BCUT2D eigenvalue weighted by Crippen LogP contribution is -2.13. The highest BCUT2D eigenvalue weighted by Gasteiger charge is 2.15. The monoisotopic (exact) mass is 343 g/mol. The third-order valence-corrected chi connectivity index (χ3v) is 3.90. The molecule has 3 rings (SSSR count). The number of methoxy groups -OCH3 is 1. The summed E-state index contributed by atoms with van der Waals surface area (Å²) >= 11 is 1.30. The van der Waals surface area contributed by atoms with Gasteiger partial charge in [0.1, 0.15) is 12.0 Å². The van der Waals surface area contributed by atoms with E-state index in [1.54, 1.807) is 48.9 Å². The maximum Gasteiger partial charge on any atom is 0.302 e. The van der Waals surface area contributed by atoms with E-state index in [2.05, 4.69) is 15.6 Å². The summed E-state index contributed by atoms with van der Waals surface area (Å²) in [6.45, 7) is 0. The summed E-state index contributed by atoms with van der Waals surface area (Å²) in [5.41, 5.74) is 0.617. The van der Waals surface area contributed by atoms with E-state index in [0.29, 0.717) is 16.3 Å². The lowest BCUT2D eigenvalue weighted by atomic mass is 10.3. The number of hydrogen-bond donors (Lipinski definition) is 2. The lowest BCUT2D eigenvalue weighted by molar-refractivity contribution is 0.101. The number of amides is 2. The number of rotatable bonds is 5. The first-order valence-electron chi connectivity index (χ1n) is 6.91. The maximum atomic E-state index is 12.2. The van der Waals surface area contributed by atoms with E-state index in [1.807, 2.05) is 0 Å². The molecule has 0 aliphatic carbocycles. The van der Waals surface area contributed by atoms with Crippen LogP contribution in [0.2, 0.25) is 0 Å². The first kappa shape index (κ1) is 15.8. The van der Waals surface area contributed by atoms with Crippen LogP contribution >= 0.6 is 11.3 Å². The Balaban J connectivity index is 1.66. The van der Waals surface area contributed by atoms with Gasteiger partial charge in [-0.1, -0.05) is 12.1 Å². The van der Waals surface area contributed by atoms with Crippen LogP contribution in [-0.2, 0) is 0 Å². The predicted octanol–water partition coefficient (Wildman–Crippen LogP) is 3.25. The van der Waals surface area contributed by atoms with Gasteiger partial charge in [0.2, 0.25) is 0 Å². The first-order valence-corrected chi connectivity index (χ1v) is 7.79. The van der Waals surface area contributed by atoms with Crippen LogP contribution in [0.25, 0.3) is 0 Å². The summed E-state index contributed by atoms with van der Waals surface area (Å²) in [7, 11) is 1.54. The molecule has 0 unspecified atom stereocenters. The third kappa shape index (κ3) is 3.61. The molecule has 0 bridgehead atoms. The molecule has 0 fully saturated rings. The number of carbonyl (C=O) groups excluding carboxylic acids is 2. The molecule has 3 aromatic rings. The van der Waals surface area contributed by atoms with Gasteiger partial charge < -0.3 is 14.5 Å². The minimum Gasteiger partial charge on any atom is -0.497 e. The maximum absolute atomic E-state index is 12.2. The summed E-state index contributed by atoms with van der Waals surface area (Å²) in [6.07, 6.45) is 1.18. The van der Waals surface area contributed by atoms with Crippen LogP contribution in [-0.4, -0.2) is 23.9 Å². The van der Waals surface area contributed by atoms with E-state index in [0.717, 1.165) is 0 Å². The molecule has 0 atom stereocenters. The van der Waals surface area contributed by atoms with Gasteiger partial charge in [0.25, 0.3) is 11.8 Å². The average molecular weight is 343 g/mol. The van der Waals surface area contributed by atoms with Crippen LogP contribution in [0.5, 0.6) is 5.75 Å². The zero-order chi connectivity index (χ0) is 16.9. The minimum atomic E-state index is -0.455. The van der Waals surface area contributed by atoms with Gasteiger partial charge in [0.15, 0.2) is 5.69 Å². The largest absolute Gasteiger partial charge is 0.497 e. The molecule has 2 N–H and O–H groups in total. The van der Waals surface area contributed by atoms with Crippen molar-refractivity contribution in [3.05, 3.63) is 58.6 Å². The van der Waals surface area contributed by atoms with Crippen LogP contribution < -0.4 is 15.4 Å². The molecule has 2 heterocycles. The van der Waals surface area contributed by atoms with Gasteiger partial charge >= 0.3 is 6.01 Å². The summed E-state index contributed by atoms with van der Waals surface area (Å²) in [5.74, 6) is -0.174. The summed E-state index contributed by atoms with van der Waals surface area (Å²) in [4.78, 5) is 28.5. The molecular formula is C16H13N3O4S. The number of oxazole rings is 1. The normalized spacial score (nSPS) is 10.2. The summed E-state index contributed by atoms with van der Waals surface area (Å²) in [6, 6.07) is 10.3. The van der Waals surface area contributed by atoms with Gasteiger partial charge in [-0.05, 0) is 23.6 Å². The highest BCUT2D eigenvalue weighted by Crippen LogP contribution is 2.18. The Morgan fingerprint density at radius 3 is 2.79 bits per heavy atom. The summed E-state index contributed by atoms with van der Waals surface area (Å²) in [5, 5.41) is 6.96. The van der Waals surface area contributed by atoms with Gasteiger partial charge in [0, 0.05) is 11.8 Å². The smallest absolute Gasteiger partial charge is 0.302 e. The van der Waals surface area contributed by atoms with Crippen molar-refractivity contribution in [2.75, 3.05) is 17.7 Å². The Morgan fingerprint density at radius 2 is 2.04 bits per heavy atom. The Bertz CT molecular complexity index is 858. The molecule has 0 aliphatic rings. The van der Waals surface area contributed by atoms with Crippen LogP contribution in [0.15, 0.2) is 52.5 Å². The second-order valence-electron chi connectivity index (χ2n) is 4.66. The number of nitrogens with zero attached hydrogens (tertiary/aromatic N) is 1. The van der Waals surface area contributed by atoms with E-state index in [4.69, 9.17) is 9.15 Å². The van der Waals surface area contributed by atoms with Crippen molar-refractivity contribution < 1.29 is 18.7 Å². The van der Waals surface area contributed by atoms with Crippen molar-refractivity contribution in [1.82, 2.24) is 4.98 Å². The fourth-order valence-corrected chi connectivity index (χ4v) is 2.52. The highest BCUT2D eigenvalue weighted by molar-refractivity contribution is 7.12. The van der Waals surface area contributed by atoms with Crippen molar-refractivity contribution in [3.8, 4) is 5.75 Å². The van der Waals surface area contributed by atoms with Crippen molar-refractivity contribution >= 4 is 34.9 Å². The van der Waals surface area contributed by atoms with Crippen molar-refractivity contribution in [2.24, 2.45) is 0 Å². The second kappa shape index (κ2) is 6.97. The highest BCUT2D eigenvalue weighted by atomic mass is 32.1. The molecule has 0 aliphatic heterocycles. The van der Waals surface area contributed by atoms with Crippen LogP contribution in [0, 0.1) is 0 Å². The molecule has 2 aromatic heterocycles. The molecular weight excluding hydrogens is 330 g/mol. The average Bonchev–Trinajstić information content (AvgIpc) is 3.26. The van der Waals surface area contributed by atoms with Crippen molar-refractivity contribution in [3.63, 3.8) is 0 Å². The molecule has 0 saturated heterocycles. The Morgan fingerprint density at radius 1 is 1.17 bits per heavy atom. The molecule has 8 heteroatoms. The molecule has 24 heavy (non-hydrogen) atoms. The Labute approximate surface area is 141 Å². The fourth-order valence-electron chi connectivity index (χ4n) is 1.90. The SMILES string of the molecule is COc1cccc(NC(=O)c2coc(NC(=O)c3cccs3)n2)c1. The molecule has 122 valence electrons. The topological polar surface area (TPSA) is 93.5 Å².